The maximum absolute atomic E-state index is 13.2. The number of rotatable bonds is 6. The lowest BCUT2D eigenvalue weighted by Gasteiger charge is -2.18. The first-order chi connectivity index (χ1) is 16.0. The van der Waals surface area contributed by atoms with Crippen LogP contribution in [0.4, 0.5) is 19.0 Å². The van der Waals surface area contributed by atoms with Crippen LogP contribution in [0.1, 0.15) is 6.42 Å². The molecule has 1 aliphatic heterocycles. The van der Waals surface area contributed by atoms with Crippen molar-refractivity contribution in [3.8, 4) is 16.1 Å². The second-order valence-electron chi connectivity index (χ2n) is 8.00. The normalized spacial score (nSPS) is 16.2. The van der Waals surface area contributed by atoms with Crippen LogP contribution in [0.25, 0.3) is 26.2 Å². The largest absolute Gasteiger partial charge is 0.355 e. The molecule has 1 saturated heterocycles. The average molecular weight is 471 g/mol. The number of nitrogens with zero attached hydrogens (tertiary/aromatic N) is 3. The number of fused-ring (bicyclic) bond motifs is 1. The van der Waals surface area contributed by atoms with E-state index in [1.807, 2.05) is 29.2 Å². The van der Waals surface area contributed by atoms with Gasteiger partial charge in [-0.1, -0.05) is 12.1 Å². The predicted octanol–water partition coefficient (Wildman–Crippen LogP) is 4.69. The lowest BCUT2D eigenvalue weighted by atomic mass is 10.2. The third-order valence-electron chi connectivity index (χ3n) is 5.79. The minimum atomic E-state index is -2.36. The monoisotopic (exact) mass is 470 g/mol. The van der Waals surface area contributed by atoms with Gasteiger partial charge in [0.25, 0.3) is 12.0 Å². The van der Waals surface area contributed by atoms with Gasteiger partial charge in [-0.2, -0.15) is 0 Å². The Labute approximate surface area is 192 Å². The molecule has 9 heteroatoms. The van der Waals surface area contributed by atoms with E-state index in [9.17, 15) is 18.0 Å². The number of nitrogens with one attached hydrogen (secondary N) is 1. The first-order valence-corrected chi connectivity index (χ1v) is 11.4. The second kappa shape index (κ2) is 8.99. The molecule has 0 bridgehead atoms. The minimum Gasteiger partial charge on any atom is -0.355 e. The summed E-state index contributed by atoms with van der Waals surface area (Å²) in [5.41, 5.74) is 1.37. The van der Waals surface area contributed by atoms with Gasteiger partial charge >= 0.3 is 0 Å². The highest BCUT2D eigenvalue weighted by atomic mass is 32.1. The quantitative estimate of drug-likeness (QED) is 0.444. The van der Waals surface area contributed by atoms with Crippen LogP contribution in [0.3, 0.4) is 0 Å². The summed E-state index contributed by atoms with van der Waals surface area (Å²) in [5, 5.41) is 3.71. The summed E-state index contributed by atoms with van der Waals surface area (Å²) < 4.78 is 40.2. The first-order valence-electron chi connectivity index (χ1n) is 10.6. The Hall–Kier alpha value is -3.17. The van der Waals surface area contributed by atoms with E-state index in [4.69, 9.17) is 0 Å². The van der Waals surface area contributed by atoms with Crippen LogP contribution in [0.5, 0.6) is 0 Å². The van der Waals surface area contributed by atoms with Crippen molar-refractivity contribution in [2.24, 2.45) is 0 Å². The molecule has 0 aliphatic carbocycles. The van der Waals surface area contributed by atoms with Crippen LogP contribution in [-0.4, -0.2) is 41.7 Å². The Kier molecular flexibility index (Phi) is 5.90. The van der Waals surface area contributed by atoms with Gasteiger partial charge in [0.05, 0.1) is 18.4 Å². The molecule has 0 amide bonds. The average Bonchev–Trinajstić information content (AvgIpc) is 3.47. The molecule has 4 aromatic rings. The number of halogens is 3. The third kappa shape index (κ3) is 4.51. The van der Waals surface area contributed by atoms with E-state index in [1.54, 1.807) is 29.1 Å². The van der Waals surface area contributed by atoms with E-state index in [1.165, 1.54) is 23.5 Å². The van der Waals surface area contributed by atoms with Gasteiger partial charge in [0.1, 0.15) is 16.3 Å². The molecular formula is C24H21F3N4OS. The lowest BCUT2D eigenvalue weighted by molar-refractivity contribution is 0.142. The van der Waals surface area contributed by atoms with E-state index >= 15 is 0 Å². The number of thiophene rings is 1. The number of hydrogen-bond donors (Lipinski definition) is 1. The molecule has 0 saturated carbocycles. The highest BCUT2D eigenvalue weighted by Gasteiger charge is 2.24. The van der Waals surface area contributed by atoms with E-state index in [0.717, 1.165) is 34.6 Å². The van der Waals surface area contributed by atoms with Gasteiger partial charge in [-0.25, -0.2) is 18.2 Å². The highest BCUT2D eigenvalue weighted by molar-refractivity contribution is 7.22. The molecule has 5 rings (SSSR count). The van der Waals surface area contributed by atoms with Crippen molar-refractivity contribution < 1.29 is 13.2 Å². The molecule has 4 heterocycles. The van der Waals surface area contributed by atoms with Crippen LogP contribution >= 0.6 is 11.3 Å². The number of benzene rings is 1. The fraction of sp³-hybridized carbons (Fsp3) is 0.250. The number of hydrogen-bond acceptors (Lipinski definition) is 5. The summed E-state index contributed by atoms with van der Waals surface area (Å²) in [6.45, 7) is 1.05. The number of aromatic nitrogens is 2. The maximum atomic E-state index is 13.2. The van der Waals surface area contributed by atoms with Gasteiger partial charge < -0.3 is 10.2 Å². The smallest absolute Gasteiger partial charge is 0.273 e. The molecule has 1 aliphatic rings. The van der Waals surface area contributed by atoms with Gasteiger partial charge in [0.15, 0.2) is 0 Å². The standard InChI is InChI=1S/C24H21F3N4OS/c25-17-3-1-15(2-4-17)20-11-16-7-10-31(24(32)23(16)33-20)19-5-6-22(29-12-19)30-9-8-18(14-30)28-13-21(26)27/h1-7,10-12,18,21,28H,8-9,13-14H2. The van der Waals surface area contributed by atoms with Crippen LogP contribution in [0.2, 0.25) is 0 Å². The SMILES string of the molecule is O=c1c2sc(-c3ccc(F)cc3)cc2ccn1-c1ccc(N2CCC(NCC(F)F)C2)nc1. The van der Waals surface area contributed by atoms with Crippen molar-refractivity contribution >= 4 is 27.2 Å². The van der Waals surface area contributed by atoms with Crippen LogP contribution in [0, 0.1) is 5.82 Å². The van der Waals surface area contributed by atoms with E-state index < -0.39 is 6.43 Å². The first kappa shape index (κ1) is 21.7. The molecule has 1 unspecified atom stereocenters. The van der Waals surface area contributed by atoms with Crippen LogP contribution < -0.4 is 15.8 Å². The molecule has 0 radical (unpaired) electrons. The molecule has 3 aromatic heterocycles. The topological polar surface area (TPSA) is 50.2 Å². The Morgan fingerprint density at radius 3 is 2.70 bits per heavy atom. The van der Waals surface area contributed by atoms with E-state index in [0.29, 0.717) is 16.9 Å². The highest BCUT2D eigenvalue weighted by Crippen LogP contribution is 2.32. The van der Waals surface area contributed by atoms with Crippen molar-refractivity contribution in [2.45, 2.75) is 18.9 Å². The Morgan fingerprint density at radius 2 is 1.97 bits per heavy atom. The van der Waals surface area contributed by atoms with Crippen molar-refractivity contribution in [1.82, 2.24) is 14.9 Å². The van der Waals surface area contributed by atoms with Crippen LogP contribution in [0.15, 0.2) is 65.7 Å². The predicted molar refractivity (Wildman–Crippen MR) is 125 cm³/mol. The molecule has 1 fully saturated rings. The van der Waals surface area contributed by atoms with Crippen molar-refractivity contribution in [2.75, 3.05) is 24.5 Å². The molecule has 1 N–H and O–H groups in total. The fourth-order valence-electron chi connectivity index (χ4n) is 4.09. The third-order valence-corrected chi connectivity index (χ3v) is 6.98. The summed E-state index contributed by atoms with van der Waals surface area (Å²) in [7, 11) is 0. The fourth-order valence-corrected chi connectivity index (χ4v) is 5.18. The molecule has 1 atom stereocenters. The zero-order valence-corrected chi connectivity index (χ0v) is 18.4. The van der Waals surface area contributed by atoms with Crippen molar-refractivity contribution in [3.63, 3.8) is 0 Å². The van der Waals surface area contributed by atoms with E-state index in [2.05, 4.69) is 10.3 Å². The second-order valence-corrected chi connectivity index (χ2v) is 9.05. The van der Waals surface area contributed by atoms with Gasteiger partial charge in [-0.3, -0.25) is 9.36 Å². The molecule has 170 valence electrons. The Balaban J connectivity index is 1.36. The summed E-state index contributed by atoms with van der Waals surface area (Å²) in [4.78, 5) is 20.6. The number of pyridine rings is 2. The van der Waals surface area contributed by atoms with Gasteiger partial charge in [-0.05, 0) is 48.4 Å². The van der Waals surface area contributed by atoms with Gasteiger partial charge in [0.2, 0.25) is 0 Å². The molecule has 0 spiro atoms. The van der Waals surface area contributed by atoms with Crippen molar-refractivity contribution in [3.05, 3.63) is 77.1 Å². The molecule has 1 aromatic carbocycles. The Bertz CT molecular complexity index is 1320. The van der Waals surface area contributed by atoms with Gasteiger partial charge in [0, 0.05) is 35.6 Å². The molecular weight excluding hydrogens is 449 g/mol. The van der Waals surface area contributed by atoms with E-state index in [-0.39, 0.29) is 24.0 Å². The number of alkyl halides is 2. The van der Waals surface area contributed by atoms with Crippen molar-refractivity contribution in [1.29, 1.82) is 0 Å². The summed E-state index contributed by atoms with van der Waals surface area (Å²) >= 11 is 1.38. The van der Waals surface area contributed by atoms with Crippen LogP contribution in [-0.2, 0) is 0 Å². The minimum absolute atomic E-state index is 0.0136. The number of anilines is 1. The summed E-state index contributed by atoms with van der Waals surface area (Å²) in [6.07, 6.45) is 1.79. The molecule has 5 nitrogen and oxygen atoms in total. The lowest BCUT2D eigenvalue weighted by Crippen LogP contribution is -2.35. The Morgan fingerprint density at radius 1 is 1.15 bits per heavy atom. The van der Waals surface area contributed by atoms with Gasteiger partial charge in [-0.15, -0.1) is 11.3 Å². The zero-order valence-electron chi connectivity index (χ0n) is 17.5. The maximum Gasteiger partial charge on any atom is 0.273 e. The molecule has 33 heavy (non-hydrogen) atoms. The summed E-state index contributed by atoms with van der Waals surface area (Å²) in [6, 6.07) is 13.7. The summed E-state index contributed by atoms with van der Waals surface area (Å²) in [5.74, 6) is 0.455. The zero-order chi connectivity index (χ0) is 22.9.